The number of benzene rings is 2. The number of carbonyl (C=O) groups is 1. The second kappa shape index (κ2) is 11.2. The highest BCUT2D eigenvalue weighted by atomic mass is 35.5. The molecule has 7 nitrogen and oxygen atoms in total. The highest BCUT2D eigenvalue weighted by Gasteiger charge is 2.41. The zero-order chi connectivity index (χ0) is 26.6. The Labute approximate surface area is 231 Å². The second-order valence-electron chi connectivity index (χ2n) is 8.93. The fourth-order valence-corrected chi connectivity index (χ4v) is 5.18. The summed E-state index contributed by atoms with van der Waals surface area (Å²) in [5.74, 6) is 1.89. The van der Waals surface area contributed by atoms with E-state index in [9.17, 15) is 4.79 Å². The Morgan fingerprint density at radius 2 is 1.95 bits per heavy atom. The highest BCUT2D eigenvalue weighted by Crippen LogP contribution is 2.41. The van der Waals surface area contributed by atoms with Crippen molar-refractivity contribution in [3.63, 3.8) is 0 Å². The molecule has 0 spiro atoms. The maximum atomic E-state index is 12.9. The summed E-state index contributed by atoms with van der Waals surface area (Å²) >= 11 is 12.1. The fourth-order valence-electron chi connectivity index (χ4n) is 4.67. The summed E-state index contributed by atoms with van der Waals surface area (Å²) in [6, 6.07) is 22.2. The summed E-state index contributed by atoms with van der Waals surface area (Å²) in [4.78, 5) is 19.4. The molecular weight excluding hydrogens is 520 g/mol. The molecule has 1 fully saturated rings. The van der Waals surface area contributed by atoms with Gasteiger partial charge in [-0.2, -0.15) is 0 Å². The number of thiocarbonyl (C=S) groups is 1. The van der Waals surface area contributed by atoms with Gasteiger partial charge in [-0.3, -0.25) is 9.78 Å². The molecule has 4 aromatic rings. The van der Waals surface area contributed by atoms with Crippen LogP contribution < -0.4 is 15.4 Å². The van der Waals surface area contributed by atoms with E-state index in [2.05, 4.69) is 15.6 Å². The average Bonchev–Trinajstić information content (AvgIpc) is 3.54. The van der Waals surface area contributed by atoms with E-state index in [1.807, 2.05) is 72.5 Å². The first kappa shape index (κ1) is 25.8. The van der Waals surface area contributed by atoms with Crippen LogP contribution in [0.4, 0.5) is 5.69 Å². The molecule has 1 aliphatic heterocycles. The summed E-state index contributed by atoms with van der Waals surface area (Å²) in [6.07, 6.45) is 1.97. The Morgan fingerprint density at radius 3 is 2.74 bits per heavy atom. The van der Waals surface area contributed by atoms with Crippen LogP contribution in [-0.4, -0.2) is 34.6 Å². The molecule has 3 heterocycles. The normalized spacial score (nSPS) is 16.8. The highest BCUT2D eigenvalue weighted by molar-refractivity contribution is 7.80. The van der Waals surface area contributed by atoms with Crippen LogP contribution in [0.25, 0.3) is 11.3 Å². The molecule has 194 valence electrons. The van der Waals surface area contributed by atoms with Gasteiger partial charge < -0.3 is 24.7 Å². The number of amides is 1. The number of hydrogen-bond acceptors (Lipinski definition) is 5. The SMILES string of the molecule is COc1ccccc1NC(=O)CCN1C(=S)N[C@@H](c2ccccn2)[C@H]1c1ccc(-c2cccc(Cl)c2C)o1. The Balaban J connectivity index is 1.41. The number of pyridine rings is 1. The standard InChI is InChI=1S/C29H27ClN4O3S/c1-18-19(8-7-9-20(18)30)23-13-14-25(37-23)28-27(22-11-5-6-16-31-22)33-29(38)34(28)17-15-26(35)32-21-10-3-4-12-24(21)36-2/h3-14,16,27-28H,15,17H2,1-2H3,(H,32,35)(H,33,38)/t27-,28+/m0/s1. The van der Waals surface area contributed by atoms with Crippen LogP contribution in [0.5, 0.6) is 5.75 Å². The third-order valence-corrected chi connectivity index (χ3v) is 7.37. The molecule has 2 aromatic heterocycles. The molecule has 2 N–H and O–H groups in total. The first-order valence-electron chi connectivity index (χ1n) is 12.2. The van der Waals surface area contributed by atoms with Gasteiger partial charge in [0.1, 0.15) is 23.3 Å². The minimum absolute atomic E-state index is 0.146. The predicted octanol–water partition coefficient (Wildman–Crippen LogP) is 6.31. The van der Waals surface area contributed by atoms with Crippen LogP contribution >= 0.6 is 23.8 Å². The Hall–Kier alpha value is -3.88. The molecular formula is C29H27ClN4O3S. The van der Waals surface area contributed by atoms with Crippen molar-refractivity contribution in [2.75, 3.05) is 19.0 Å². The van der Waals surface area contributed by atoms with Crippen LogP contribution in [-0.2, 0) is 4.79 Å². The number of furan rings is 1. The maximum absolute atomic E-state index is 12.9. The molecule has 1 aliphatic rings. The topological polar surface area (TPSA) is 79.6 Å². The lowest BCUT2D eigenvalue weighted by atomic mass is 10.0. The lowest BCUT2D eigenvalue weighted by Gasteiger charge is -2.26. The average molecular weight is 547 g/mol. The van der Waals surface area contributed by atoms with Gasteiger partial charge in [0, 0.05) is 29.7 Å². The number of para-hydroxylation sites is 2. The molecule has 1 saturated heterocycles. The van der Waals surface area contributed by atoms with Gasteiger partial charge in [0.05, 0.1) is 24.5 Å². The van der Waals surface area contributed by atoms with Gasteiger partial charge >= 0.3 is 0 Å². The van der Waals surface area contributed by atoms with Gasteiger partial charge in [0.25, 0.3) is 0 Å². The van der Waals surface area contributed by atoms with Crippen molar-refractivity contribution in [3.05, 3.63) is 101 Å². The van der Waals surface area contributed by atoms with E-state index in [1.165, 1.54) is 0 Å². The number of anilines is 1. The van der Waals surface area contributed by atoms with Crippen LogP contribution in [0.2, 0.25) is 5.02 Å². The summed E-state index contributed by atoms with van der Waals surface area (Å²) in [6.45, 7) is 2.35. The van der Waals surface area contributed by atoms with Crippen LogP contribution in [0.3, 0.4) is 0 Å². The van der Waals surface area contributed by atoms with Gasteiger partial charge in [0.2, 0.25) is 5.91 Å². The molecule has 0 bridgehead atoms. The van der Waals surface area contributed by atoms with Gasteiger partial charge in [-0.05, 0) is 67.2 Å². The molecule has 1 amide bonds. The third kappa shape index (κ3) is 5.23. The number of halogens is 1. The zero-order valence-electron chi connectivity index (χ0n) is 21.0. The van der Waals surface area contributed by atoms with E-state index in [1.54, 1.807) is 25.4 Å². The number of methoxy groups -OCH3 is 1. The number of ether oxygens (including phenoxy) is 1. The first-order valence-corrected chi connectivity index (χ1v) is 13.0. The van der Waals surface area contributed by atoms with Crippen molar-refractivity contribution in [3.8, 4) is 17.1 Å². The molecule has 2 aromatic carbocycles. The van der Waals surface area contributed by atoms with E-state index in [4.69, 9.17) is 33.0 Å². The number of nitrogens with zero attached hydrogens (tertiary/aromatic N) is 2. The van der Waals surface area contributed by atoms with Crippen LogP contribution in [0, 0.1) is 6.92 Å². The minimum atomic E-state index is -0.301. The zero-order valence-corrected chi connectivity index (χ0v) is 22.6. The third-order valence-electron chi connectivity index (χ3n) is 6.61. The van der Waals surface area contributed by atoms with E-state index >= 15 is 0 Å². The predicted molar refractivity (Wildman–Crippen MR) is 152 cm³/mol. The Kier molecular flexibility index (Phi) is 7.62. The minimum Gasteiger partial charge on any atom is -0.495 e. The first-order chi connectivity index (χ1) is 18.5. The molecule has 0 saturated carbocycles. The quantitative estimate of drug-likeness (QED) is 0.251. The van der Waals surface area contributed by atoms with Gasteiger partial charge in [-0.15, -0.1) is 0 Å². The van der Waals surface area contributed by atoms with Crippen molar-refractivity contribution in [2.45, 2.75) is 25.4 Å². The molecule has 9 heteroatoms. The molecule has 2 atom stereocenters. The summed E-state index contributed by atoms with van der Waals surface area (Å²) in [5.41, 5.74) is 3.32. The fraction of sp³-hybridized carbons (Fsp3) is 0.207. The number of hydrogen-bond donors (Lipinski definition) is 2. The van der Waals surface area contributed by atoms with Crippen molar-refractivity contribution in [1.82, 2.24) is 15.2 Å². The number of carbonyl (C=O) groups excluding carboxylic acids is 1. The molecule has 38 heavy (non-hydrogen) atoms. The molecule has 5 rings (SSSR count). The van der Waals surface area contributed by atoms with Gasteiger partial charge in [-0.1, -0.05) is 41.9 Å². The Morgan fingerprint density at radius 1 is 1.13 bits per heavy atom. The van der Waals surface area contributed by atoms with Gasteiger partial charge in [0.15, 0.2) is 5.11 Å². The molecule has 0 aliphatic carbocycles. The summed E-state index contributed by atoms with van der Waals surface area (Å²) in [5, 5.41) is 7.54. The smallest absolute Gasteiger partial charge is 0.226 e. The lowest BCUT2D eigenvalue weighted by Crippen LogP contribution is -2.32. The number of aromatic nitrogens is 1. The van der Waals surface area contributed by atoms with Crippen molar-refractivity contribution in [2.24, 2.45) is 0 Å². The van der Waals surface area contributed by atoms with Crippen LogP contribution in [0.1, 0.15) is 35.5 Å². The van der Waals surface area contributed by atoms with Crippen molar-refractivity contribution in [1.29, 1.82) is 0 Å². The molecule has 0 unspecified atom stereocenters. The summed E-state index contributed by atoms with van der Waals surface area (Å²) in [7, 11) is 1.57. The maximum Gasteiger partial charge on any atom is 0.226 e. The van der Waals surface area contributed by atoms with Crippen molar-refractivity contribution >= 4 is 40.5 Å². The monoisotopic (exact) mass is 546 g/mol. The lowest BCUT2D eigenvalue weighted by molar-refractivity contribution is -0.116. The number of nitrogens with one attached hydrogen (secondary N) is 2. The Bertz CT molecular complexity index is 1460. The largest absolute Gasteiger partial charge is 0.495 e. The van der Waals surface area contributed by atoms with E-state index in [-0.39, 0.29) is 24.4 Å². The molecule has 0 radical (unpaired) electrons. The summed E-state index contributed by atoms with van der Waals surface area (Å²) < 4.78 is 11.8. The van der Waals surface area contributed by atoms with Gasteiger partial charge in [-0.25, -0.2) is 0 Å². The van der Waals surface area contributed by atoms with E-state index in [0.717, 1.165) is 16.8 Å². The second-order valence-corrected chi connectivity index (χ2v) is 9.73. The number of rotatable bonds is 8. The van der Waals surface area contributed by atoms with E-state index < -0.39 is 0 Å². The van der Waals surface area contributed by atoms with E-state index in [0.29, 0.717) is 39.6 Å². The van der Waals surface area contributed by atoms with Crippen LogP contribution in [0.15, 0.2) is 83.4 Å². The van der Waals surface area contributed by atoms with Crippen molar-refractivity contribution < 1.29 is 13.9 Å².